The first-order valence-corrected chi connectivity index (χ1v) is 10.8. The van der Waals surface area contributed by atoms with Crippen LogP contribution in [0.5, 0.6) is 17.2 Å². The SMILES string of the molecule is COc1ccc(CCN2COc3ccc4c(c3C2)O/C(=C\c2cccc([N+](=O)[O-])c2)C4=O)cc1. The molecule has 5 rings (SSSR count). The van der Waals surface area contributed by atoms with Crippen LogP contribution in [0.3, 0.4) is 0 Å². The summed E-state index contributed by atoms with van der Waals surface area (Å²) in [4.78, 5) is 25.7. The molecule has 0 saturated heterocycles. The molecular formula is C26H22N2O6. The van der Waals surface area contributed by atoms with Crippen molar-refractivity contribution in [3.63, 3.8) is 0 Å². The summed E-state index contributed by atoms with van der Waals surface area (Å²) in [6, 6.07) is 17.6. The van der Waals surface area contributed by atoms with Gasteiger partial charge in [-0.2, -0.15) is 0 Å². The third-order valence-electron chi connectivity index (χ3n) is 5.94. The summed E-state index contributed by atoms with van der Waals surface area (Å²) in [7, 11) is 1.65. The third kappa shape index (κ3) is 4.23. The van der Waals surface area contributed by atoms with Crippen LogP contribution in [-0.4, -0.2) is 36.0 Å². The number of allylic oxidation sites excluding steroid dienone is 1. The number of methoxy groups -OCH3 is 1. The molecule has 3 aromatic rings. The lowest BCUT2D eigenvalue weighted by atomic mass is 10.0. The molecule has 172 valence electrons. The molecule has 0 atom stereocenters. The molecule has 0 fully saturated rings. The molecule has 0 saturated carbocycles. The van der Waals surface area contributed by atoms with E-state index in [0.29, 0.717) is 35.9 Å². The van der Waals surface area contributed by atoms with Gasteiger partial charge in [0.15, 0.2) is 5.76 Å². The van der Waals surface area contributed by atoms with E-state index in [1.165, 1.54) is 23.8 Å². The van der Waals surface area contributed by atoms with Crippen LogP contribution in [0.2, 0.25) is 0 Å². The van der Waals surface area contributed by atoms with Crippen LogP contribution in [0.25, 0.3) is 6.08 Å². The maximum absolute atomic E-state index is 13.0. The number of hydrogen-bond donors (Lipinski definition) is 0. The van der Waals surface area contributed by atoms with Gasteiger partial charge in [0.05, 0.1) is 23.2 Å². The first-order valence-electron chi connectivity index (χ1n) is 10.8. The van der Waals surface area contributed by atoms with E-state index in [4.69, 9.17) is 14.2 Å². The number of rotatable bonds is 6. The second-order valence-corrected chi connectivity index (χ2v) is 8.13. The number of carbonyl (C=O) groups is 1. The molecule has 0 bridgehead atoms. The monoisotopic (exact) mass is 458 g/mol. The van der Waals surface area contributed by atoms with Gasteiger partial charge in [-0.25, -0.2) is 0 Å². The van der Waals surface area contributed by atoms with Gasteiger partial charge in [-0.3, -0.25) is 19.8 Å². The lowest BCUT2D eigenvalue weighted by Crippen LogP contribution is -2.33. The highest BCUT2D eigenvalue weighted by Gasteiger charge is 2.33. The minimum absolute atomic E-state index is 0.0457. The minimum Gasteiger partial charge on any atom is -0.497 e. The molecule has 34 heavy (non-hydrogen) atoms. The van der Waals surface area contributed by atoms with E-state index >= 15 is 0 Å². The van der Waals surface area contributed by atoms with Crippen molar-refractivity contribution >= 4 is 17.5 Å². The Morgan fingerprint density at radius 2 is 1.97 bits per heavy atom. The molecule has 0 unspecified atom stereocenters. The molecule has 3 aromatic carbocycles. The average Bonchev–Trinajstić information content (AvgIpc) is 3.18. The molecule has 2 aliphatic heterocycles. The van der Waals surface area contributed by atoms with Gasteiger partial charge < -0.3 is 14.2 Å². The van der Waals surface area contributed by atoms with E-state index in [0.717, 1.165) is 24.3 Å². The van der Waals surface area contributed by atoms with E-state index in [-0.39, 0.29) is 17.2 Å². The molecule has 0 aromatic heterocycles. The van der Waals surface area contributed by atoms with Crippen molar-refractivity contribution < 1.29 is 23.9 Å². The van der Waals surface area contributed by atoms with E-state index in [2.05, 4.69) is 4.90 Å². The highest BCUT2D eigenvalue weighted by molar-refractivity contribution is 6.15. The van der Waals surface area contributed by atoms with Crippen LogP contribution in [-0.2, 0) is 13.0 Å². The molecular weight excluding hydrogens is 436 g/mol. The number of hydrogen-bond acceptors (Lipinski definition) is 7. The number of benzene rings is 3. The van der Waals surface area contributed by atoms with Crippen LogP contribution in [0.15, 0.2) is 66.4 Å². The molecule has 8 nitrogen and oxygen atoms in total. The van der Waals surface area contributed by atoms with Gasteiger partial charge in [-0.1, -0.05) is 24.3 Å². The van der Waals surface area contributed by atoms with E-state index in [9.17, 15) is 14.9 Å². The van der Waals surface area contributed by atoms with E-state index < -0.39 is 4.92 Å². The maximum atomic E-state index is 13.0. The minimum atomic E-state index is -0.470. The number of non-ortho nitro benzene ring substituents is 1. The molecule has 2 aliphatic rings. The summed E-state index contributed by atoms with van der Waals surface area (Å²) < 4.78 is 17.1. The van der Waals surface area contributed by atoms with Crippen molar-refractivity contribution in [2.45, 2.75) is 13.0 Å². The predicted molar refractivity (Wildman–Crippen MR) is 125 cm³/mol. The smallest absolute Gasteiger partial charge is 0.270 e. The summed E-state index contributed by atoms with van der Waals surface area (Å²) >= 11 is 0. The maximum Gasteiger partial charge on any atom is 0.270 e. The Labute approximate surface area is 196 Å². The number of ketones is 1. The fraction of sp³-hybridized carbons (Fsp3) is 0.192. The topological polar surface area (TPSA) is 91.1 Å². The standard InChI is InChI=1S/C26H22N2O6/c1-32-20-7-5-17(6-8-20)11-12-27-15-22-23(33-16-27)10-9-21-25(29)24(34-26(21)22)14-18-3-2-4-19(13-18)28(30)31/h2-10,13-14H,11-12,15-16H2,1H3/b24-14-. The number of nitrogens with zero attached hydrogens (tertiary/aromatic N) is 2. The number of ether oxygens (including phenoxy) is 3. The van der Waals surface area contributed by atoms with Crippen molar-refractivity contribution in [2.24, 2.45) is 0 Å². The molecule has 2 heterocycles. The van der Waals surface area contributed by atoms with Gasteiger partial charge in [-0.05, 0) is 47.9 Å². The summed E-state index contributed by atoms with van der Waals surface area (Å²) in [5, 5.41) is 11.1. The van der Waals surface area contributed by atoms with Gasteiger partial charge in [0, 0.05) is 25.2 Å². The molecule has 0 N–H and O–H groups in total. The largest absolute Gasteiger partial charge is 0.497 e. The Balaban J connectivity index is 1.34. The predicted octanol–water partition coefficient (Wildman–Crippen LogP) is 4.61. The molecule has 0 amide bonds. The number of nitro benzene ring substituents is 1. The van der Waals surface area contributed by atoms with Crippen LogP contribution in [0, 0.1) is 10.1 Å². The van der Waals surface area contributed by atoms with Crippen LogP contribution in [0.4, 0.5) is 5.69 Å². The Morgan fingerprint density at radius 1 is 1.15 bits per heavy atom. The highest BCUT2D eigenvalue weighted by atomic mass is 16.6. The van der Waals surface area contributed by atoms with Crippen molar-refractivity contribution in [3.05, 3.63) is 98.8 Å². The summed E-state index contributed by atoms with van der Waals surface area (Å²) in [5.41, 5.74) is 2.97. The van der Waals surface area contributed by atoms with Crippen LogP contribution >= 0.6 is 0 Å². The fourth-order valence-electron chi connectivity index (χ4n) is 4.11. The number of Topliss-reactive ketones (excluding diaryl/α,β-unsaturated/α-hetero) is 1. The highest BCUT2D eigenvalue weighted by Crippen LogP contribution is 2.42. The van der Waals surface area contributed by atoms with Gasteiger partial charge >= 0.3 is 0 Å². The van der Waals surface area contributed by atoms with Gasteiger partial charge in [-0.15, -0.1) is 0 Å². The van der Waals surface area contributed by atoms with E-state index in [1.54, 1.807) is 31.4 Å². The quantitative estimate of drug-likeness (QED) is 0.303. The molecule has 8 heteroatoms. The second-order valence-electron chi connectivity index (χ2n) is 8.13. The zero-order valence-corrected chi connectivity index (χ0v) is 18.5. The van der Waals surface area contributed by atoms with Crippen LogP contribution < -0.4 is 14.2 Å². The van der Waals surface area contributed by atoms with Crippen molar-refractivity contribution in [1.29, 1.82) is 0 Å². The Bertz CT molecular complexity index is 1300. The van der Waals surface area contributed by atoms with Crippen LogP contribution in [0.1, 0.15) is 27.0 Å². The zero-order valence-electron chi connectivity index (χ0n) is 18.5. The first kappa shape index (κ1) is 21.7. The number of carbonyl (C=O) groups excluding carboxylic acids is 1. The number of nitro groups is 1. The first-order chi connectivity index (χ1) is 16.5. The fourth-order valence-corrected chi connectivity index (χ4v) is 4.11. The lowest BCUT2D eigenvalue weighted by Gasteiger charge is -2.29. The van der Waals surface area contributed by atoms with Gasteiger partial charge in [0.1, 0.15) is 24.0 Å². The second kappa shape index (κ2) is 8.99. The summed E-state index contributed by atoms with van der Waals surface area (Å²) in [5.74, 6) is 1.90. The molecule has 0 aliphatic carbocycles. The van der Waals surface area contributed by atoms with Gasteiger partial charge in [0.25, 0.3) is 5.69 Å². The third-order valence-corrected chi connectivity index (χ3v) is 5.94. The Morgan fingerprint density at radius 3 is 2.74 bits per heavy atom. The lowest BCUT2D eigenvalue weighted by molar-refractivity contribution is -0.384. The molecule has 0 radical (unpaired) electrons. The number of fused-ring (bicyclic) bond motifs is 3. The Kier molecular flexibility index (Phi) is 5.73. The van der Waals surface area contributed by atoms with E-state index in [1.807, 2.05) is 24.3 Å². The zero-order chi connectivity index (χ0) is 23.7. The van der Waals surface area contributed by atoms with Gasteiger partial charge in [0.2, 0.25) is 5.78 Å². The summed E-state index contributed by atoms with van der Waals surface area (Å²) in [6.45, 7) is 1.82. The average molecular weight is 458 g/mol. The molecule has 0 spiro atoms. The van der Waals surface area contributed by atoms with Crippen molar-refractivity contribution in [1.82, 2.24) is 4.90 Å². The summed E-state index contributed by atoms with van der Waals surface area (Å²) in [6.07, 6.45) is 2.38. The van der Waals surface area contributed by atoms with Crippen molar-refractivity contribution in [2.75, 3.05) is 20.4 Å². The van der Waals surface area contributed by atoms with Crippen molar-refractivity contribution in [3.8, 4) is 17.2 Å². The Hall–Kier alpha value is -4.17. The normalized spacial score (nSPS) is 15.9.